The van der Waals surface area contributed by atoms with Crippen LogP contribution in [0.25, 0.3) is 10.6 Å². The van der Waals surface area contributed by atoms with Crippen LogP contribution in [0.5, 0.6) is 0 Å². The Morgan fingerprint density at radius 1 is 1.31 bits per heavy atom. The first-order chi connectivity index (χ1) is 6.40. The number of rotatable bonds is 2. The molecule has 0 aromatic carbocycles. The van der Waals surface area contributed by atoms with Crippen LogP contribution in [0.1, 0.15) is 9.80 Å². The number of hydrogen-bond acceptors (Lipinski definition) is 4. The molecule has 0 radical (unpaired) electrons. The smallest absolute Gasteiger partial charge is 0.178 e. The maximum absolute atomic E-state index is 10.4. The Balaban J connectivity index is 2.41. The van der Waals surface area contributed by atoms with Gasteiger partial charge in [-0.3, -0.25) is 9.78 Å². The van der Waals surface area contributed by atoms with Gasteiger partial charge in [-0.1, -0.05) is 6.07 Å². The van der Waals surface area contributed by atoms with E-state index in [1.807, 2.05) is 18.2 Å². The van der Waals surface area contributed by atoms with Crippen molar-refractivity contribution in [1.82, 2.24) is 9.97 Å². The average Bonchev–Trinajstić information content (AvgIpc) is 2.67. The molecule has 2 heterocycles. The van der Waals surface area contributed by atoms with E-state index in [9.17, 15) is 4.79 Å². The van der Waals surface area contributed by atoms with Gasteiger partial charge in [0.1, 0.15) is 0 Å². The maximum Gasteiger partial charge on any atom is 0.178 e. The van der Waals surface area contributed by atoms with Gasteiger partial charge in [-0.05, 0) is 12.1 Å². The van der Waals surface area contributed by atoms with Crippen molar-refractivity contribution in [2.24, 2.45) is 0 Å². The Kier molecular flexibility index (Phi) is 2.14. The summed E-state index contributed by atoms with van der Waals surface area (Å²) in [5, 5.41) is 0.487. The maximum atomic E-state index is 10.4. The molecule has 0 N–H and O–H groups in total. The van der Waals surface area contributed by atoms with Gasteiger partial charge in [-0.2, -0.15) is 0 Å². The van der Waals surface area contributed by atoms with E-state index >= 15 is 0 Å². The van der Waals surface area contributed by atoms with Crippen molar-refractivity contribution < 1.29 is 4.79 Å². The molecule has 0 aliphatic heterocycles. The van der Waals surface area contributed by atoms with Gasteiger partial charge in [-0.15, -0.1) is 11.3 Å². The molecular formula is C9H6N2OS. The van der Waals surface area contributed by atoms with Gasteiger partial charge >= 0.3 is 0 Å². The molecule has 0 atom stereocenters. The molecule has 3 nitrogen and oxygen atoms in total. The van der Waals surface area contributed by atoms with Gasteiger partial charge in [0.15, 0.2) is 11.3 Å². The van der Waals surface area contributed by atoms with Crippen molar-refractivity contribution in [1.29, 1.82) is 0 Å². The second kappa shape index (κ2) is 3.45. The number of aldehydes is 1. The zero-order valence-corrected chi connectivity index (χ0v) is 7.49. The fraction of sp³-hybridized carbons (Fsp3) is 0. The first-order valence-electron chi connectivity index (χ1n) is 3.72. The Labute approximate surface area is 79.1 Å². The van der Waals surface area contributed by atoms with E-state index < -0.39 is 0 Å². The van der Waals surface area contributed by atoms with Crippen molar-refractivity contribution in [3.63, 3.8) is 0 Å². The van der Waals surface area contributed by atoms with Gasteiger partial charge in [-0.25, -0.2) is 4.98 Å². The number of hydrogen-bond donors (Lipinski definition) is 0. The molecule has 0 saturated carbocycles. The molecule has 2 aromatic rings. The average molecular weight is 190 g/mol. The molecular weight excluding hydrogens is 184 g/mol. The fourth-order valence-electron chi connectivity index (χ4n) is 0.969. The molecule has 13 heavy (non-hydrogen) atoms. The summed E-state index contributed by atoms with van der Waals surface area (Å²) in [6.45, 7) is 0. The molecule has 64 valence electrons. The zero-order chi connectivity index (χ0) is 9.10. The molecule has 4 heteroatoms. The molecule has 0 aliphatic rings. The summed E-state index contributed by atoms with van der Waals surface area (Å²) >= 11 is 1.34. The lowest BCUT2D eigenvalue weighted by Crippen LogP contribution is -1.75. The van der Waals surface area contributed by atoms with E-state index in [-0.39, 0.29) is 0 Å². The van der Waals surface area contributed by atoms with Crippen LogP contribution in [0.4, 0.5) is 0 Å². The van der Waals surface area contributed by atoms with E-state index in [2.05, 4.69) is 9.97 Å². The van der Waals surface area contributed by atoms with Crippen LogP contribution in [-0.2, 0) is 0 Å². The number of nitrogens with zero attached hydrogens (tertiary/aromatic N) is 2. The van der Waals surface area contributed by atoms with Gasteiger partial charge in [0.05, 0.1) is 10.6 Å². The zero-order valence-electron chi connectivity index (χ0n) is 6.68. The van der Waals surface area contributed by atoms with E-state index in [1.165, 1.54) is 11.3 Å². The monoisotopic (exact) mass is 190 g/mol. The highest BCUT2D eigenvalue weighted by atomic mass is 32.1. The minimum atomic E-state index is 0.487. The number of carbonyl (C=O) groups is 1. The molecule has 2 rings (SSSR count). The van der Waals surface area contributed by atoms with E-state index in [1.54, 1.807) is 12.4 Å². The highest BCUT2D eigenvalue weighted by molar-refractivity contribution is 7.16. The highest BCUT2D eigenvalue weighted by Gasteiger charge is 2.03. The largest absolute Gasteiger partial charge is 0.295 e. The quantitative estimate of drug-likeness (QED) is 0.680. The number of aromatic nitrogens is 2. The Hall–Kier alpha value is -1.55. The van der Waals surface area contributed by atoms with E-state index in [0.717, 1.165) is 16.9 Å². The summed E-state index contributed by atoms with van der Waals surface area (Å²) in [6, 6.07) is 5.65. The molecule has 0 spiro atoms. The van der Waals surface area contributed by atoms with Crippen LogP contribution >= 0.6 is 11.3 Å². The van der Waals surface area contributed by atoms with Crippen LogP contribution in [0.3, 0.4) is 0 Å². The third-order valence-electron chi connectivity index (χ3n) is 1.54. The SMILES string of the molecule is O=Cc1ncc(-c2ccccn2)s1. The fourth-order valence-corrected chi connectivity index (χ4v) is 1.68. The predicted molar refractivity (Wildman–Crippen MR) is 50.7 cm³/mol. The molecule has 0 fully saturated rings. The normalized spacial score (nSPS) is 9.85. The summed E-state index contributed by atoms with van der Waals surface area (Å²) < 4.78 is 0. The predicted octanol–water partition coefficient (Wildman–Crippen LogP) is 2.02. The van der Waals surface area contributed by atoms with Crippen LogP contribution < -0.4 is 0 Å². The van der Waals surface area contributed by atoms with Crippen molar-refractivity contribution >= 4 is 17.6 Å². The summed E-state index contributed by atoms with van der Waals surface area (Å²) in [5.74, 6) is 0. The van der Waals surface area contributed by atoms with Gasteiger partial charge in [0, 0.05) is 12.4 Å². The molecule has 0 saturated heterocycles. The van der Waals surface area contributed by atoms with Crippen LogP contribution in [-0.4, -0.2) is 16.3 Å². The lowest BCUT2D eigenvalue weighted by molar-refractivity contribution is 0.112. The van der Waals surface area contributed by atoms with Crippen molar-refractivity contribution in [2.45, 2.75) is 0 Å². The second-order valence-corrected chi connectivity index (χ2v) is 3.46. The third-order valence-corrected chi connectivity index (χ3v) is 2.49. The minimum Gasteiger partial charge on any atom is -0.295 e. The number of pyridine rings is 1. The Morgan fingerprint density at radius 2 is 2.23 bits per heavy atom. The van der Waals surface area contributed by atoms with Crippen LogP contribution in [0, 0.1) is 0 Å². The highest BCUT2D eigenvalue weighted by Crippen LogP contribution is 2.22. The molecule has 0 unspecified atom stereocenters. The summed E-state index contributed by atoms with van der Waals surface area (Å²) in [4.78, 5) is 19.4. The molecule has 0 aliphatic carbocycles. The van der Waals surface area contributed by atoms with Crippen molar-refractivity contribution in [3.8, 4) is 10.6 Å². The van der Waals surface area contributed by atoms with Gasteiger partial charge in [0.25, 0.3) is 0 Å². The van der Waals surface area contributed by atoms with Crippen LogP contribution in [0.15, 0.2) is 30.6 Å². The Morgan fingerprint density at radius 3 is 2.85 bits per heavy atom. The summed E-state index contributed by atoms with van der Waals surface area (Å²) in [7, 11) is 0. The van der Waals surface area contributed by atoms with Crippen molar-refractivity contribution in [3.05, 3.63) is 35.6 Å². The number of carbonyl (C=O) groups excluding carboxylic acids is 1. The number of thiazole rings is 1. The lowest BCUT2D eigenvalue weighted by atomic mass is 10.3. The van der Waals surface area contributed by atoms with E-state index in [4.69, 9.17) is 0 Å². The standard InChI is InChI=1S/C9H6N2OS/c12-6-9-11-5-8(13-9)7-3-1-2-4-10-7/h1-6H. The second-order valence-electron chi connectivity index (χ2n) is 2.40. The lowest BCUT2D eigenvalue weighted by Gasteiger charge is -1.91. The Bertz CT molecular complexity index is 411. The third kappa shape index (κ3) is 1.62. The summed E-state index contributed by atoms with van der Waals surface area (Å²) in [6.07, 6.45) is 4.13. The van der Waals surface area contributed by atoms with Crippen LogP contribution in [0.2, 0.25) is 0 Å². The molecule has 0 amide bonds. The topological polar surface area (TPSA) is 42.9 Å². The molecule has 0 bridgehead atoms. The van der Waals surface area contributed by atoms with E-state index in [0.29, 0.717) is 5.01 Å². The van der Waals surface area contributed by atoms with Gasteiger partial charge in [0.2, 0.25) is 0 Å². The first-order valence-corrected chi connectivity index (χ1v) is 4.54. The minimum absolute atomic E-state index is 0.487. The van der Waals surface area contributed by atoms with Crippen molar-refractivity contribution in [2.75, 3.05) is 0 Å². The molecule has 2 aromatic heterocycles. The summed E-state index contributed by atoms with van der Waals surface area (Å²) in [5.41, 5.74) is 0.855. The first kappa shape index (κ1) is 8.07. The van der Waals surface area contributed by atoms with Gasteiger partial charge < -0.3 is 0 Å².